The van der Waals surface area contributed by atoms with E-state index in [4.69, 9.17) is 10.5 Å². The smallest absolute Gasteiger partial charge is 0.416 e. The Morgan fingerprint density at radius 1 is 1.31 bits per heavy atom. The van der Waals surface area contributed by atoms with E-state index >= 15 is 0 Å². The van der Waals surface area contributed by atoms with Crippen molar-refractivity contribution in [2.24, 2.45) is 5.73 Å². The number of anilines is 2. The highest BCUT2D eigenvalue weighted by Gasteiger charge is 2.52. The fraction of sp³-hybridized carbons (Fsp3) is 0.353. The molecule has 3 heterocycles. The Kier molecular flexibility index (Phi) is 4.47. The van der Waals surface area contributed by atoms with E-state index in [1.54, 1.807) is 18.2 Å². The van der Waals surface area contributed by atoms with Crippen LogP contribution in [-0.2, 0) is 16.1 Å². The Morgan fingerprint density at radius 3 is 2.83 bits per heavy atom. The zero-order valence-corrected chi connectivity index (χ0v) is 14.9. The van der Waals surface area contributed by atoms with Crippen LogP contribution in [0, 0.1) is 0 Å². The van der Waals surface area contributed by atoms with Crippen LogP contribution in [0.1, 0.15) is 0 Å². The van der Waals surface area contributed by atoms with Crippen molar-refractivity contribution in [2.45, 2.75) is 18.8 Å². The molecule has 29 heavy (non-hydrogen) atoms. The molecule has 0 radical (unpaired) electrons. The number of halogens is 3. The summed E-state index contributed by atoms with van der Waals surface area (Å²) in [6.07, 6.45) is -5.74. The molecule has 2 aromatic rings. The summed E-state index contributed by atoms with van der Waals surface area (Å²) in [5.41, 5.74) is 6.79. The van der Waals surface area contributed by atoms with Gasteiger partial charge in [-0.2, -0.15) is 18.3 Å². The van der Waals surface area contributed by atoms with Gasteiger partial charge in [-0.05, 0) is 12.1 Å². The number of benzene rings is 1. The van der Waals surface area contributed by atoms with Crippen molar-refractivity contribution in [2.75, 3.05) is 30.0 Å². The van der Waals surface area contributed by atoms with E-state index in [0.717, 1.165) is 0 Å². The van der Waals surface area contributed by atoms with Crippen molar-refractivity contribution in [1.82, 2.24) is 9.78 Å². The fourth-order valence-corrected chi connectivity index (χ4v) is 3.22. The number of amides is 2. The van der Waals surface area contributed by atoms with Gasteiger partial charge in [-0.3, -0.25) is 9.48 Å². The summed E-state index contributed by atoms with van der Waals surface area (Å²) in [5, 5.41) is 7.02. The molecule has 0 bridgehead atoms. The first-order valence-electron chi connectivity index (χ1n) is 8.64. The topological polar surface area (TPSA) is 112 Å². The first-order chi connectivity index (χ1) is 13.7. The Morgan fingerprint density at radius 2 is 2.10 bits per heavy atom. The average molecular weight is 411 g/mol. The molecule has 0 spiro atoms. The van der Waals surface area contributed by atoms with Crippen LogP contribution in [0.2, 0.25) is 0 Å². The molecule has 1 aromatic heterocycles. The molecule has 3 N–H and O–H groups in total. The Labute approximate surface area is 162 Å². The molecular weight excluding hydrogens is 395 g/mol. The zero-order chi connectivity index (χ0) is 20.8. The van der Waals surface area contributed by atoms with Gasteiger partial charge in [0.2, 0.25) is 5.91 Å². The number of aromatic nitrogens is 2. The molecule has 0 saturated carbocycles. The summed E-state index contributed by atoms with van der Waals surface area (Å²) in [6, 6.07) is 4.32. The number of hydrogen-bond acceptors (Lipinski definition) is 6. The molecule has 0 aliphatic carbocycles. The number of nitrogens with zero attached hydrogens (tertiary/aromatic N) is 3. The lowest BCUT2D eigenvalue weighted by molar-refractivity contribution is -0.147. The van der Waals surface area contributed by atoms with Crippen LogP contribution >= 0.6 is 0 Å². The number of rotatable bonds is 4. The summed E-state index contributed by atoms with van der Waals surface area (Å²) in [6.45, 7) is -0.350. The van der Waals surface area contributed by atoms with Crippen molar-refractivity contribution in [3.8, 4) is 17.0 Å². The first kappa shape index (κ1) is 18.9. The number of ether oxygens (including phenoxy) is 2. The minimum absolute atomic E-state index is 0.0588. The summed E-state index contributed by atoms with van der Waals surface area (Å²) < 4.78 is 51.6. The standard InChI is InChI=1S/C17H16F3N5O4/c18-17(19,20)13-8-29-16(27)25(13)15-6-11-10-2-1-9(22-7-14(21)26)5-12(10)28-4-3-24(11)23-15/h1-2,5-6,13,22H,3-4,7-8H2,(H2,21,26). The van der Waals surface area contributed by atoms with Gasteiger partial charge in [-0.25, -0.2) is 9.69 Å². The van der Waals surface area contributed by atoms with E-state index < -0.39 is 30.8 Å². The maximum absolute atomic E-state index is 13.3. The summed E-state index contributed by atoms with van der Waals surface area (Å²) in [4.78, 5) is 23.4. The summed E-state index contributed by atoms with van der Waals surface area (Å²) in [5.74, 6) is -0.213. The quantitative estimate of drug-likeness (QED) is 0.793. The number of fused-ring (bicyclic) bond motifs is 3. The number of nitrogens with two attached hydrogens (primary N) is 1. The van der Waals surface area contributed by atoms with Crippen molar-refractivity contribution in [3.05, 3.63) is 24.3 Å². The van der Waals surface area contributed by atoms with Gasteiger partial charge in [0.15, 0.2) is 11.9 Å². The summed E-state index contributed by atoms with van der Waals surface area (Å²) >= 11 is 0. The lowest BCUT2D eigenvalue weighted by Gasteiger charge is -2.21. The Bertz CT molecular complexity index is 974. The molecule has 1 fully saturated rings. The van der Waals surface area contributed by atoms with Crippen LogP contribution in [0.5, 0.6) is 5.75 Å². The minimum Gasteiger partial charge on any atom is -0.491 e. The normalized spacial score (nSPS) is 18.4. The second kappa shape index (κ2) is 6.87. The molecule has 4 rings (SSSR count). The summed E-state index contributed by atoms with van der Waals surface area (Å²) in [7, 11) is 0. The molecule has 1 atom stereocenters. The van der Waals surface area contributed by atoms with Crippen molar-refractivity contribution in [1.29, 1.82) is 0 Å². The van der Waals surface area contributed by atoms with Gasteiger partial charge in [0, 0.05) is 23.4 Å². The number of nitrogens with one attached hydrogen (secondary N) is 1. The monoisotopic (exact) mass is 411 g/mol. The molecule has 1 aromatic carbocycles. The third-order valence-corrected chi connectivity index (χ3v) is 4.55. The molecule has 2 aliphatic heterocycles. The fourth-order valence-electron chi connectivity index (χ4n) is 3.22. The molecule has 12 heteroatoms. The van der Waals surface area contributed by atoms with Crippen molar-refractivity contribution in [3.63, 3.8) is 0 Å². The van der Waals surface area contributed by atoms with Crippen molar-refractivity contribution < 1.29 is 32.2 Å². The van der Waals surface area contributed by atoms with Gasteiger partial charge >= 0.3 is 12.3 Å². The van der Waals surface area contributed by atoms with E-state index in [2.05, 4.69) is 15.2 Å². The Hall–Kier alpha value is -3.44. The third kappa shape index (κ3) is 3.52. The number of alkyl halides is 3. The minimum atomic E-state index is -4.64. The second-order valence-electron chi connectivity index (χ2n) is 6.49. The number of cyclic esters (lactones) is 1. The van der Waals surface area contributed by atoms with E-state index in [0.29, 0.717) is 27.6 Å². The number of hydrogen-bond donors (Lipinski definition) is 2. The molecule has 154 valence electrons. The molecule has 1 saturated heterocycles. The molecular formula is C17H16F3N5O4. The van der Waals surface area contributed by atoms with E-state index in [1.165, 1.54) is 10.7 Å². The maximum atomic E-state index is 13.3. The first-order valence-corrected chi connectivity index (χ1v) is 8.64. The van der Waals surface area contributed by atoms with Crippen LogP contribution < -0.4 is 20.7 Å². The molecule has 9 nitrogen and oxygen atoms in total. The van der Waals surface area contributed by atoms with Crippen LogP contribution in [-0.4, -0.2) is 53.8 Å². The maximum Gasteiger partial charge on any atom is 0.416 e. The van der Waals surface area contributed by atoms with E-state index in [1.807, 2.05) is 0 Å². The zero-order valence-electron chi connectivity index (χ0n) is 14.9. The lowest BCUT2D eigenvalue weighted by Crippen LogP contribution is -2.44. The van der Waals surface area contributed by atoms with Crippen molar-refractivity contribution >= 4 is 23.5 Å². The average Bonchev–Trinajstić information content (AvgIpc) is 3.19. The molecule has 2 aliphatic rings. The van der Waals surface area contributed by atoms with Gasteiger partial charge in [0.25, 0.3) is 0 Å². The number of carbonyl (C=O) groups excluding carboxylic acids is 2. The highest BCUT2D eigenvalue weighted by atomic mass is 19.4. The highest BCUT2D eigenvalue weighted by Crippen LogP contribution is 2.39. The largest absolute Gasteiger partial charge is 0.491 e. The number of primary amides is 1. The van der Waals surface area contributed by atoms with Gasteiger partial charge in [-0.1, -0.05) is 0 Å². The van der Waals surface area contributed by atoms with Gasteiger partial charge < -0.3 is 20.5 Å². The highest BCUT2D eigenvalue weighted by molar-refractivity contribution is 5.90. The van der Waals surface area contributed by atoms with Gasteiger partial charge in [0.05, 0.1) is 18.8 Å². The SMILES string of the molecule is NC(=O)CNc1ccc2c(c1)OCCn1nc(N3C(=O)OCC3C(F)(F)F)cc1-2. The lowest BCUT2D eigenvalue weighted by atomic mass is 10.1. The van der Waals surface area contributed by atoms with Crippen LogP contribution in [0.15, 0.2) is 24.3 Å². The third-order valence-electron chi connectivity index (χ3n) is 4.55. The molecule has 1 unspecified atom stereocenters. The van der Waals surface area contributed by atoms with E-state index in [9.17, 15) is 22.8 Å². The van der Waals surface area contributed by atoms with Crippen LogP contribution in [0.25, 0.3) is 11.3 Å². The molecule has 2 amide bonds. The Balaban J connectivity index is 1.69. The van der Waals surface area contributed by atoms with Gasteiger partial charge in [-0.15, -0.1) is 0 Å². The predicted octanol–water partition coefficient (Wildman–Crippen LogP) is 1.73. The predicted molar refractivity (Wildman–Crippen MR) is 94.5 cm³/mol. The number of carbonyl (C=O) groups is 2. The van der Waals surface area contributed by atoms with E-state index in [-0.39, 0.29) is 25.5 Å². The van der Waals surface area contributed by atoms with Crippen LogP contribution in [0.3, 0.4) is 0 Å². The van der Waals surface area contributed by atoms with Crippen LogP contribution in [0.4, 0.5) is 29.5 Å². The second-order valence-corrected chi connectivity index (χ2v) is 6.49. The van der Waals surface area contributed by atoms with Gasteiger partial charge in [0.1, 0.15) is 19.0 Å².